The monoisotopic (exact) mass is 350 g/mol. The average molecular weight is 350 g/mol. The lowest BCUT2D eigenvalue weighted by Crippen LogP contribution is -2.50. The first-order chi connectivity index (χ1) is 12.5. The topological polar surface area (TPSA) is 66.5 Å². The molecule has 1 unspecified atom stereocenters. The number of hydrogen-bond acceptors (Lipinski definition) is 3. The highest BCUT2D eigenvalue weighted by atomic mass is 16.2. The van der Waals surface area contributed by atoms with Crippen LogP contribution in [0.5, 0.6) is 0 Å². The van der Waals surface area contributed by atoms with Crippen molar-refractivity contribution in [3.05, 3.63) is 71.3 Å². The molecule has 1 aliphatic rings. The third kappa shape index (κ3) is 3.52. The van der Waals surface area contributed by atoms with E-state index in [-0.39, 0.29) is 11.8 Å². The number of carbonyl (C=O) groups is 3. The molecule has 0 spiro atoms. The second kappa shape index (κ2) is 7.52. The van der Waals surface area contributed by atoms with Crippen LogP contribution in [-0.4, -0.2) is 28.7 Å². The predicted octanol–water partition coefficient (Wildman–Crippen LogP) is 3.01. The lowest BCUT2D eigenvalue weighted by molar-refractivity contribution is -0.125. The molecular formula is C21H22N2O3. The van der Waals surface area contributed by atoms with Crippen LogP contribution in [0.25, 0.3) is 0 Å². The van der Waals surface area contributed by atoms with Gasteiger partial charge in [0.05, 0.1) is 11.1 Å². The van der Waals surface area contributed by atoms with Crippen LogP contribution >= 0.6 is 0 Å². The van der Waals surface area contributed by atoms with Crippen molar-refractivity contribution in [2.75, 3.05) is 0 Å². The van der Waals surface area contributed by atoms with Gasteiger partial charge in [0, 0.05) is 6.54 Å². The zero-order chi connectivity index (χ0) is 18.7. The quantitative estimate of drug-likeness (QED) is 0.815. The number of hydrogen-bond donors (Lipinski definition) is 1. The van der Waals surface area contributed by atoms with Crippen molar-refractivity contribution >= 4 is 17.7 Å². The second-order valence-corrected chi connectivity index (χ2v) is 6.87. The van der Waals surface area contributed by atoms with E-state index in [1.807, 2.05) is 44.2 Å². The standard InChI is InChI=1S/C21H22N2O3/c1-14(2)12-18(19(24)22-13-15-8-4-3-5-9-15)23-20(25)16-10-6-7-11-17(16)21(23)26/h3-11,14,18H,12-13H2,1-2H3,(H,22,24). The molecule has 1 heterocycles. The molecule has 5 nitrogen and oxygen atoms in total. The fourth-order valence-electron chi connectivity index (χ4n) is 3.17. The van der Waals surface area contributed by atoms with E-state index in [1.54, 1.807) is 24.3 Å². The molecule has 3 rings (SSSR count). The van der Waals surface area contributed by atoms with E-state index in [0.29, 0.717) is 24.1 Å². The van der Waals surface area contributed by atoms with Crippen molar-refractivity contribution in [1.82, 2.24) is 10.2 Å². The van der Waals surface area contributed by atoms with Crippen molar-refractivity contribution in [3.63, 3.8) is 0 Å². The van der Waals surface area contributed by atoms with Crippen LogP contribution in [0.1, 0.15) is 46.5 Å². The molecule has 0 fully saturated rings. The molecule has 26 heavy (non-hydrogen) atoms. The molecule has 5 heteroatoms. The summed E-state index contributed by atoms with van der Waals surface area (Å²) >= 11 is 0. The van der Waals surface area contributed by atoms with Gasteiger partial charge in [0.1, 0.15) is 6.04 Å². The van der Waals surface area contributed by atoms with Crippen LogP contribution in [-0.2, 0) is 11.3 Å². The molecule has 0 radical (unpaired) electrons. The number of nitrogens with zero attached hydrogens (tertiary/aromatic N) is 1. The third-order valence-electron chi connectivity index (χ3n) is 4.44. The number of fused-ring (bicyclic) bond motifs is 1. The largest absolute Gasteiger partial charge is 0.350 e. The molecule has 1 atom stereocenters. The fourth-order valence-corrected chi connectivity index (χ4v) is 3.17. The Morgan fingerprint density at radius 1 is 0.923 bits per heavy atom. The Bertz CT molecular complexity index is 795. The summed E-state index contributed by atoms with van der Waals surface area (Å²) in [5, 5.41) is 2.86. The Labute approximate surface area is 153 Å². The maximum Gasteiger partial charge on any atom is 0.262 e. The fraction of sp³-hybridized carbons (Fsp3) is 0.286. The highest BCUT2D eigenvalue weighted by Crippen LogP contribution is 2.27. The van der Waals surface area contributed by atoms with Crippen LogP contribution in [0.2, 0.25) is 0 Å². The summed E-state index contributed by atoms with van der Waals surface area (Å²) in [5.41, 5.74) is 1.69. The van der Waals surface area contributed by atoms with Crippen molar-refractivity contribution in [2.24, 2.45) is 5.92 Å². The first kappa shape index (κ1) is 17.9. The van der Waals surface area contributed by atoms with Crippen molar-refractivity contribution in [1.29, 1.82) is 0 Å². The number of rotatable bonds is 6. The summed E-state index contributed by atoms with van der Waals surface area (Å²) in [7, 11) is 0. The van der Waals surface area contributed by atoms with Crippen molar-refractivity contribution in [2.45, 2.75) is 32.9 Å². The van der Waals surface area contributed by atoms with Gasteiger partial charge in [-0.05, 0) is 30.0 Å². The van der Waals surface area contributed by atoms with E-state index in [2.05, 4.69) is 5.32 Å². The van der Waals surface area contributed by atoms with E-state index in [4.69, 9.17) is 0 Å². The SMILES string of the molecule is CC(C)CC(C(=O)NCc1ccccc1)N1C(=O)c2ccccc2C1=O. The molecule has 2 aromatic carbocycles. The van der Waals surface area contributed by atoms with Gasteiger partial charge in [-0.2, -0.15) is 0 Å². The van der Waals surface area contributed by atoms with Crippen molar-refractivity contribution < 1.29 is 14.4 Å². The molecule has 1 aliphatic heterocycles. The first-order valence-electron chi connectivity index (χ1n) is 8.77. The smallest absolute Gasteiger partial charge is 0.262 e. The third-order valence-corrected chi connectivity index (χ3v) is 4.44. The zero-order valence-electron chi connectivity index (χ0n) is 14.9. The lowest BCUT2D eigenvalue weighted by Gasteiger charge is -2.26. The van der Waals surface area contributed by atoms with Crippen molar-refractivity contribution in [3.8, 4) is 0 Å². The van der Waals surface area contributed by atoms with Gasteiger partial charge < -0.3 is 5.32 Å². The Balaban J connectivity index is 1.81. The number of carbonyl (C=O) groups excluding carboxylic acids is 3. The van der Waals surface area contributed by atoms with E-state index < -0.39 is 17.9 Å². The summed E-state index contributed by atoms with van der Waals surface area (Å²) in [6, 6.07) is 15.4. The lowest BCUT2D eigenvalue weighted by atomic mass is 10.0. The molecular weight excluding hydrogens is 328 g/mol. The minimum atomic E-state index is -0.814. The predicted molar refractivity (Wildman–Crippen MR) is 98.5 cm³/mol. The van der Waals surface area contributed by atoms with Crippen LogP contribution < -0.4 is 5.32 Å². The van der Waals surface area contributed by atoms with Crippen LogP contribution in [0, 0.1) is 5.92 Å². The van der Waals surface area contributed by atoms with Crippen LogP contribution in [0.15, 0.2) is 54.6 Å². The summed E-state index contributed by atoms with van der Waals surface area (Å²) in [6.45, 7) is 4.29. The van der Waals surface area contributed by atoms with E-state index in [9.17, 15) is 14.4 Å². The minimum absolute atomic E-state index is 0.159. The van der Waals surface area contributed by atoms with Crippen LogP contribution in [0.3, 0.4) is 0 Å². The molecule has 0 saturated carbocycles. The minimum Gasteiger partial charge on any atom is -0.350 e. The van der Waals surface area contributed by atoms with Gasteiger partial charge in [-0.1, -0.05) is 56.3 Å². The second-order valence-electron chi connectivity index (χ2n) is 6.87. The number of benzene rings is 2. The summed E-state index contributed by atoms with van der Waals surface area (Å²) in [4.78, 5) is 39.4. The number of nitrogens with one attached hydrogen (secondary N) is 1. The maximum absolute atomic E-state index is 12.8. The average Bonchev–Trinajstić information content (AvgIpc) is 2.90. The van der Waals surface area contributed by atoms with Gasteiger partial charge in [-0.15, -0.1) is 0 Å². The molecule has 2 aromatic rings. The maximum atomic E-state index is 12.8. The van der Waals surface area contributed by atoms with E-state index >= 15 is 0 Å². The molecule has 3 amide bonds. The Hall–Kier alpha value is -2.95. The molecule has 0 aliphatic carbocycles. The van der Waals surface area contributed by atoms with Gasteiger partial charge in [0.25, 0.3) is 11.8 Å². The Kier molecular flexibility index (Phi) is 5.16. The summed E-state index contributed by atoms with van der Waals surface area (Å²) in [6.07, 6.45) is 0.423. The number of imide groups is 1. The molecule has 0 saturated heterocycles. The van der Waals surface area contributed by atoms with E-state index in [1.165, 1.54) is 0 Å². The molecule has 134 valence electrons. The highest BCUT2D eigenvalue weighted by molar-refractivity contribution is 6.22. The summed E-state index contributed by atoms with van der Waals surface area (Å²) < 4.78 is 0. The van der Waals surface area contributed by atoms with Gasteiger partial charge >= 0.3 is 0 Å². The Morgan fingerprint density at radius 3 is 2.00 bits per heavy atom. The highest BCUT2D eigenvalue weighted by Gasteiger charge is 2.42. The zero-order valence-corrected chi connectivity index (χ0v) is 14.9. The van der Waals surface area contributed by atoms with E-state index in [0.717, 1.165) is 10.5 Å². The first-order valence-corrected chi connectivity index (χ1v) is 8.77. The van der Waals surface area contributed by atoms with Gasteiger partial charge in [-0.3, -0.25) is 19.3 Å². The van der Waals surface area contributed by atoms with Gasteiger partial charge in [0.2, 0.25) is 5.91 Å². The van der Waals surface area contributed by atoms with Gasteiger partial charge in [-0.25, -0.2) is 0 Å². The Morgan fingerprint density at radius 2 is 1.46 bits per heavy atom. The molecule has 0 bridgehead atoms. The number of amides is 3. The van der Waals surface area contributed by atoms with Gasteiger partial charge in [0.15, 0.2) is 0 Å². The summed E-state index contributed by atoms with van der Waals surface area (Å²) in [5.74, 6) is -0.943. The molecule has 1 N–H and O–H groups in total. The van der Waals surface area contributed by atoms with Crippen LogP contribution in [0.4, 0.5) is 0 Å². The molecule has 0 aromatic heterocycles. The normalized spacial score (nSPS) is 14.5.